The second-order valence-electron chi connectivity index (χ2n) is 9.05. The van der Waals surface area contributed by atoms with Crippen LogP contribution in [0.5, 0.6) is 0 Å². The molecule has 4 nitrogen and oxygen atoms in total. The van der Waals surface area contributed by atoms with E-state index in [0.29, 0.717) is 23.6 Å². The van der Waals surface area contributed by atoms with Crippen molar-refractivity contribution >= 4 is 5.91 Å². The molecule has 5 unspecified atom stereocenters. The first kappa shape index (κ1) is 16.8. The van der Waals surface area contributed by atoms with Gasteiger partial charge in [-0.05, 0) is 52.4 Å². The molecule has 3 aliphatic carbocycles. The number of ether oxygens (including phenoxy) is 1. The summed E-state index contributed by atoms with van der Waals surface area (Å²) in [6.07, 6.45) is 11.7. The summed E-state index contributed by atoms with van der Waals surface area (Å²) in [5.41, 5.74) is 0.425. The summed E-state index contributed by atoms with van der Waals surface area (Å²) < 4.78 is 6.11. The van der Waals surface area contributed by atoms with Gasteiger partial charge in [-0.25, -0.2) is 0 Å². The van der Waals surface area contributed by atoms with E-state index in [9.17, 15) is 4.79 Å². The molecule has 2 N–H and O–H groups in total. The number of hydrogen-bond acceptors (Lipinski definition) is 3. The van der Waals surface area contributed by atoms with Crippen molar-refractivity contribution in [2.45, 2.75) is 95.9 Å². The van der Waals surface area contributed by atoms with Crippen LogP contribution >= 0.6 is 0 Å². The molecule has 4 aliphatic rings. The molecule has 1 saturated heterocycles. The van der Waals surface area contributed by atoms with Crippen LogP contribution in [0.15, 0.2) is 0 Å². The summed E-state index contributed by atoms with van der Waals surface area (Å²) in [5.74, 6) is 1.20. The first-order valence-corrected chi connectivity index (χ1v) is 10.3. The van der Waals surface area contributed by atoms with E-state index in [2.05, 4.69) is 24.5 Å². The van der Waals surface area contributed by atoms with Crippen molar-refractivity contribution in [2.24, 2.45) is 17.3 Å². The molecule has 4 fully saturated rings. The third kappa shape index (κ3) is 2.80. The normalized spacial score (nSPS) is 40.5. The molecule has 4 rings (SSSR count). The van der Waals surface area contributed by atoms with Gasteiger partial charge in [0, 0.05) is 42.0 Å². The lowest BCUT2D eigenvalue weighted by Crippen LogP contribution is -2.69. The predicted molar refractivity (Wildman–Crippen MR) is 94.7 cm³/mol. The third-order valence-corrected chi connectivity index (χ3v) is 7.18. The second kappa shape index (κ2) is 6.60. The van der Waals surface area contributed by atoms with E-state index < -0.39 is 0 Å². The highest BCUT2D eigenvalue weighted by Gasteiger charge is 2.64. The van der Waals surface area contributed by atoms with Gasteiger partial charge < -0.3 is 15.4 Å². The van der Waals surface area contributed by atoms with Crippen LogP contribution in [-0.4, -0.2) is 36.7 Å². The molecule has 5 atom stereocenters. The number of hydrogen-bond donors (Lipinski definition) is 2. The molecule has 0 radical (unpaired) electrons. The third-order valence-electron chi connectivity index (χ3n) is 7.18. The molecule has 136 valence electrons. The number of carbonyl (C=O) groups is 1. The summed E-state index contributed by atoms with van der Waals surface area (Å²) in [5, 5.41) is 7.15. The average molecular weight is 335 g/mol. The molecule has 24 heavy (non-hydrogen) atoms. The van der Waals surface area contributed by atoms with E-state index in [4.69, 9.17) is 4.74 Å². The van der Waals surface area contributed by atoms with Crippen molar-refractivity contribution < 1.29 is 9.53 Å². The van der Waals surface area contributed by atoms with Gasteiger partial charge in [0.15, 0.2) is 0 Å². The summed E-state index contributed by atoms with van der Waals surface area (Å²) in [6.45, 7) is 5.06. The smallest absolute Gasteiger partial charge is 0.223 e. The molecule has 0 aromatic carbocycles. The van der Waals surface area contributed by atoms with Gasteiger partial charge in [-0.1, -0.05) is 19.3 Å². The summed E-state index contributed by atoms with van der Waals surface area (Å²) in [7, 11) is 0. The van der Waals surface area contributed by atoms with Crippen LogP contribution in [0.2, 0.25) is 0 Å². The molecule has 1 heterocycles. The minimum absolute atomic E-state index is 0.203. The van der Waals surface area contributed by atoms with Crippen LogP contribution < -0.4 is 10.6 Å². The van der Waals surface area contributed by atoms with Crippen LogP contribution in [0.3, 0.4) is 0 Å². The highest BCUT2D eigenvalue weighted by molar-refractivity contribution is 5.79. The van der Waals surface area contributed by atoms with E-state index in [1.165, 1.54) is 44.9 Å². The highest BCUT2D eigenvalue weighted by atomic mass is 16.5. The minimum atomic E-state index is 0.203. The highest BCUT2D eigenvalue weighted by Crippen LogP contribution is 2.60. The van der Waals surface area contributed by atoms with Crippen LogP contribution in [0.25, 0.3) is 0 Å². The molecule has 0 bridgehead atoms. The maximum absolute atomic E-state index is 12.4. The Bertz CT molecular complexity index is 472. The lowest BCUT2D eigenvalue weighted by molar-refractivity contribution is -0.136. The van der Waals surface area contributed by atoms with Gasteiger partial charge in [0.2, 0.25) is 5.91 Å². The van der Waals surface area contributed by atoms with Crippen molar-refractivity contribution in [3.05, 3.63) is 0 Å². The summed E-state index contributed by atoms with van der Waals surface area (Å²) >= 11 is 0. The molecule has 3 saturated carbocycles. The van der Waals surface area contributed by atoms with Gasteiger partial charge in [0.25, 0.3) is 0 Å². The van der Waals surface area contributed by atoms with E-state index in [0.717, 1.165) is 25.4 Å². The fourth-order valence-corrected chi connectivity index (χ4v) is 6.18. The minimum Gasteiger partial charge on any atom is -0.377 e. The van der Waals surface area contributed by atoms with Crippen LogP contribution in [0, 0.1) is 17.3 Å². The van der Waals surface area contributed by atoms with Gasteiger partial charge in [0.1, 0.15) is 0 Å². The molecule has 1 aliphatic heterocycles. The second-order valence-corrected chi connectivity index (χ2v) is 9.05. The topological polar surface area (TPSA) is 50.4 Å². The Kier molecular flexibility index (Phi) is 4.63. The average Bonchev–Trinajstić information content (AvgIpc) is 3.21. The Morgan fingerprint density at radius 2 is 1.92 bits per heavy atom. The van der Waals surface area contributed by atoms with E-state index >= 15 is 0 Å². The van der Waals surface area contributed by atoms with Crippen molar-refractivity contribution in [3.8, 4) is 0 Å². The summed E-state index contributed by atoms with van der Waals surface area (Å²) in [4.78, 5) is 12.4. The number of amides is 1. The van der Waals surface area contributed by atoms with Crippen molar-refractivity contribution in [1.29, 1.82) is 0 Å². The Labute approximate surface area is 146 Å². The Morgan fingerprint density at radius 1 is 1.12 bits per heavy atom. The Morgan fingerprint density at radius 3 is 2.67 bits per heavy atom. The zero-order valence-electron chi connectivity index (χ0n) is 15.4. The standard InChI is InChI=1S/C20H34N2O2/c1-13(2)21-19(23)14-6-5-7-15(12-14)22-17-16-8-11-24-18(16)20(17)9-3-4-10-20/h13-18,22H,3-12H2,1-2H3,(H,21,23). The van der Waals surface area contributed by atoms with E-state index in [-0.39, 0.29) is 17.9 Å². The number of rotatable bonds is 4. The first-order chi connectivity index (χ1) is 11.6. The quantitative estimate of drug-likeness (QED) is 0.831. The predicted octanol–water partition coefficient (Wildman–Crippen LogP) is 3.01. The summed E-state index contributed by atoms with van der Waals surface area (Å²) in [6, 6.07) is 1.41. The molecular weight excluding hydrogens is 300 g/mol. The Hall–Kier alpha value is -0.610. The van der Waals surface area contributed by atoms with Gasteiger partial charge in [0.05, 0.1) is 6.10 Å². The molecule has 0 aromatic heterocycles. The Balaban J connectivity index is 1.38. The number of fused-ring (bicyclic) bond motifs is 2. The van der Waals surface area contributed by atoms with Crippen molar-refractivity contribution in [1.82, 2.24) is 10.6 Å². The zero-order chi connectivity index (χ0) is 16.7. The van der Waals surface area contributed by atoms with Gasteiger partial charge in [-0.3, -0.25) is 4.79 Å². The van der Waals surface area contributed by atoms with Crippen LogP contribution in [0.1, 0.15) is 71.6 Å². The fraction of sp³-hybridized carbons (Fsp3) is 0.950. The largest absolute Gasteiger partial charge is 0.377 e. The molecule has 1 spiro atoms. The maximum atomic E-state index is 12.4. The SMILES string of the molecule is CC(C)NC(=O)C1CCCC(NC2C3CCOC3C23CCCC3)C1. The zero-order valence-corrected chi connectivity index (χ0v) is 15.4. The fourth-order valence-electron chi connectivity index (χ4n) is 6.18. The van der Waals surface area contributed by atoms with Crippen LogP contribution in [-0.2, 0) is 9.53 Å². The maximum Gasteiger partial charge on any atom is 0.223 e. The molecule has 4 heteroatoms. The number of nitrogens with one attached hydrogen (secondary N) is 2. The van der Waals surface area contributed by atoms with Crippen molar-refractivity contribution in [2.75, 3.05) is 6.61 Å². The lowest BCUT2D eigenvalue weighted by Gasteiger charge is -2.58. The van der Waals surface area contributed by atoms with Gasteiger partial charge in [-0.15, -0.1) is 0 Å². The van der Waals surface area contributed by atoms with E-state index in [1.54, 1.807) is 0 Å². The monoisotopic (exact) mass is 334 g/mol. The number of carbonyl (C=O) groups excluding carboxylic acids is 1. The molecular formula is C20H34N2O2. The van der Waals surface area contributed by atoms with Gasteiger partial charge in [-0.2, -0.15) is 0 Å². The lowest BCUT2D eigenvalue weighted by atomic mass is 9.54. The van der Waals surface area contributed by atoms with Crippen molar-refractivity contribution in [3.63, 3.8) is 0 Å². The molecule has 1 amide bonds. The van der Waals surface area contributed by atoms with E-state index in [1.807, 2.05) is 0 Å². The first-order valence-electron chi connectivity index (χ1n) is 10.3. The van der Waals surface area contributed by atoms with Crippen LogP contribution in [0.4, 0.5) is 0 Å². The molecule has 0 aromatic rings. The van der Waals surface area contributed by atoms with Gasteiger partial charge >= 0.3 is 0 Å².